The van der Waals surface area contributed by atoms with Crippen LogP contribution in [-0.2, 0) is 0 Å². The average molecular weight is 318 g/mol. The van der Waals surface area contributed by atoms with Crippen molar-refractivity contribution in [1.29, 1.82) is 0 Å². The van der Waals surface area contributed by atoms with E-state index in [9.17, 15) is 4.80 Å². The lowest BCUT2D eigenvalue weighted by molar-refractivity contribution is 0.583. The molecule has 0 saturated heterocycles. The van der Waals surface area contributed by atoms with E-state index in [1.165, 1.54) is 16.7 Å². The van der Waals surface area contributed by atoms with Gasteiger partial charge in [-0.15, -0.1) is 0 Å². The van der Waals surface area contributed by atoms with Gasteiger partial charge in [-0.2, -0.15) is 0 Å². The first-order valence-corrected chi connectivity index (χ1v) is 9.88. The molecular formula is C21H22OSi. The van der Waals surface area contributed by atoms with Crippen LogP contribution in [0.4, 0.5) is 0 Å². The van der Waals surface area contributed by atoms with E-state index in [0.717, 1.165) is 15.6 Å². The fourth-order valence-electron chi connectivity index (χ4n) is 3.11. The summed E-state index contributed by atoms with van der Waals surface area (Å²) in [5.41, 5.74) is 3.52. The third-order valence-electron chi connectivity index (χ3n) is 4.31. The molecule has 0 bridgehead atoms. The number of aryl methyl sites for hydroxylation is 3. The van der Waals surface area contributed by atoms with Gasteiger partial charge in [-0.1, -0.05) is 89.5 Å². The SMILES string of the molecule is Cc1cccc([Si](O)(c2cccc(C)c2)c2cccc(C)c2)c1. The van der Waals surface area contributed by atoms with Crippen LogP contribution >= 0.6 is 0 Å². The highest BCUT2D eigenvalue weighted by Gasteiger charge is 2.38. The molecule has 23 heavy (non-hydrogen) atoms. The average Bonchev–Trinajstić information content (AvgIpc) is 2.54. The van der Waals surface area contributed by atoms with Crippen LogP contribution in [0.1, 0.15) is 16.7 Å². The van der Waals surface area contributed by atoms with Crippen molar-refractivity contribution in [3.63, 3.8) is 0 Å². The van der Waals surface area contributed by atoms with Crippen molar-refractivity contribution in [2.24, 2.45) is 0 Å². The Morgan fingerprint density at radius 1 is 0.565 bits per heavy atom. The molecule has 3 aromatic carbocycles. The van der Waals surface area contributed by atoms with Gasteiger partial charge in [0.1, 0.15) is 0 Å². The zero-order chi connectivity index (χ0) is 16.4. The number of rotatable bonds is 3. The summed E-state index contributed by atoms with van der Waals surface area (Å²) < 4.78 is 0. The van der Waals surface area contributed by atoms with Crippen LogP contribution in [0.15, 0.2) is 72.8 Å². The Morgan fingerprint density at radius 3 is 1.13 bits per heavy atom. The van der Waals surface area contributed by atoms with Crippen molar-refractivity contribution in [3.8, 4) is 0 Å². The van der Waals surface area contributed by atoms with Crippen molar-refractivity contribution in [3.05, 3.63) is 89.5 Å². The van der Waals surface area contributed by atoms with E-state index in [1.807, 2.05) is 18.2 Å². The van der Waals surface area contributed by atoms with E-state index >= 15 is 0 Å². The quantitative estimate of drug-likeness (QED) is 0.581. The summed E-state index contributed by atoms with van der Waals surface area (Å²) >= 11 is 0. The predicted octanol–water partition coefficient (Wildman–Crippen LogP) is 2.57. The highest BCUT2D eigenvalue weighted by Crippen LogP contribution is 2.08. The molecule has 0 aromatic heterocycles. The Balaban J connectivity index is 2.29. The van der Waals surface area contributed by atoms with E-state index in [0.29, 0.717) is 0 Å². The molecule has 1 nitrogen and oxygen atoms in total. The normalized spacial score (nSPS) is 11.5. The van der Waals surface area contributed by atoms with Gasteiger partial charge in [0.2, 0.25) is 0 Å². The third-order valence-corrected chi connectivity index (χ3v) is 7.75. The fourth-order valence-corrected chi connectivity index (χ4v) is 6.43. The highest BCUT2D eigenvalue weighted by atomic mass is 28.4. The maximum absolute atomic E-state index is 11.9. The minimum Gasteiger partial charge on any atom is -0.421 e. The monoisotopic (exact) mass is 318 g/mol. The Labute approximate surface area is 139 Å². The molecule has 3 rings (SSSR count). The summed E-state index contributed by atoms with van der Waals surface area (Å²) in [4.78, 5) is 11.9. The van der Waals surface area contributed by atoms with Crippen LogP contribution < -0.4 is 15.6 Å². The molecule has 0 fully saturated rings. The maximum Gasteiger partial charge on any atom is 0.285 e. The lowest BCUT2D eigenvalue weighted by Gasteiger charge is -2.28. The van der Waals surface area contributed by atoms with Crippen LogP contribution in [0.25, 0.3) is 0 Å². The summed E-state index contributed by atoms with van der Waals surface area (Å²) in [6, 6.07) is 24.9. The zero-order valence-corrected chi connectivity index (χ0v) is 14.9. The van der Waals surface area contributed by atoms with E-state index in [2.05, 4.69) is 75.4 Å². The lowest BCUT2D eigenvalue weighted by Crippen LogP contribution is -2.67. The second-order valence-electron chi connectivity index (χ2n) is 6.32. The number of hydrogen-bond acceptors (Lipinski definition) is 1. The van der Waals surface area contributed by atoms with Crippen molar-refractivity contribution < 1.29 is 4.80 Å². The standard InChI is InChI=1S/C21H22OSi/c1-16-7-4-10-19(13-16)23(22,20-11-5-8-17(2)14-20)21-12-6-9-18(3)15-21/h4-15,22H,1-3H3. The van der Waals surface area contributed by atoms with Crippen molar-refractivity contribution in [1.82, 2.24) is 0 Å². The van der Waals surface area contributed by atoms with Crippen molar-refractivity contribution in [2.75, 3.05) is 0 Å². The molecule has 0 radical (unpaired) electrons. The first kappa shape index (κ1) is 15.7. The van der Waals surface area contributed by atoms with Crippen LogP contribution in [-0.4, -0.2) is 13.1 Å². The number of benzene rings is 3. The fraction of sp³-hybridized carbons (Fsp3) is 0.143. The molecule has 0 unspecified atom stereocenters. The second kappa shape index (κ2) is 6.15. The van der Waals surface area contributed by atoms with Gasteiger partial charge in [-0.05, 0) is 36.3 Å². The van der Waals surface area contributed by atoms with Crippen LogP contribution in [0.3, 0.4) is 0 Å². The van der Waals surface area contributed by atoms with Gasteiger partial charge < -0.3 is 4.80 Å². The van der Waals surface area contributed by atoms with Crippen LogP contribution in [0.5, 0.6) is 0 Å². The summed E-state index contributed by atoms with van der Waals surface area (Å²) in [6.07, 6.45) is 0. The lowest BCUT2D eigenvalue weighted by atomic mass is 10.2. The van der Waals surface area contributed by atoms with Gasteiger partial charge in [-0.25, -0.2) is 0 Å². The minimum atomic E-state index is -2.97. The molecule has 0 aliphatic carbocycles. The number of hydrogen-bond donors (Lipinski definition) is 1. The molecule has 0 atom stereocenters. The smallest absolute Gasteiger partial charge is 0.285 e. The molecular weight excluding hydrogens is 296 g/mol. The Morgan fingerprint density at radius 2 is 0.870 bits per heavy atom. The summed E-state index contributed by atoms with van der Waals surface area (Å²) in [5.74, 6) is 0. The van der Waals surface area contributed by atoms with Gasteiger partial charge >= 0.3 is 0 Å². The Hall–Kier alpha value is -2.16. The Kier molecular flexibility index (Phi) is 4.20. The summed E-state index contributed by atoms with van der Waals surface area (Å²) in [6.45, 7) is 6.22. The Bertz CT molecular complexity index is 728. The molecule has 0 aliphatic heterocycles. The molecule has 0 amide bonds. The van der Waals surface area contributed by atoms with Gasteiger partial charge in [-0.3, -0.25) is 0 Å². The molecule has 1 N–H and O–H groups in total. The minimum absolute atomic E-state index is 1.04. The van der Waals surface area contributed by atoms with Gasteiger partial charge in [0.15, 0.2) is 0 Å². The second-order valence-corrected chi connectivity index (χ2v) is 9.47. The molecule has 0 saturated carbocycles. The van der Waals surface area contributed by atoms with Crippen molar-refractivity contribution >= 4 is 23.9 Å². The predicted molar refractivity (Wildman–Crippen MR) is 100 cm³/mol. The summed E-state index contributed by atoms with van der Waals surface area (Å²) in [7, 11) is -2.97. The molecule has 3 aromatic rings. The molecule has 0 heterocycles. The van der Waals surface area contributed by atoms with E-state index in [1.54, 1.807) is 0 Å². The molecule has 116 valence electrons. The van der Waals surface area contributed by atoms with E-state index < -0.39 is 8.32 Å². The first-order chi connectivity index (χ1) is 11.0. The van der Waals surface area contributed by atoms with Gasteiger partial charge in [0.05, 0.1) is 0 Å². The zero-order valence-electron chi connectivity index (χ0n) is 13.9. The molecule has 0 spiro atoms. The highest BCUT2D eigenvalue weighted by molar-refractivity contribution is 7.06. The van der Waals surface area contributed by atoms with Crippen LogP contribution in [0, 0.1) is 20.8 Å². The third kappa shape index (κ3) is 3.00. The maximum atomic E-state index is 11.9. The molecule has 2 heteroatoms. The van der Waals surface area contributed by atoms with E-state index in [-0.39, 0.29) is 0 Å². The van der Waals surface area contributed by atoms with Crippen LogP contribution in [0.2, 0.25) is 0 Å². The largest absolute Gasteiger partial charge is 0.421 e. The van der Waals surface area contributed by atoms with Gasteiger partial charge in [0, 0.05) is 0 Å². The van der Waals surface area contributed by atoms with Crippen molar-refractivity contribution in [2.45, 2.75) is 20.8 Å². The summed E-state index contributed by atoms with van der Waals surface area (Å²) in [5, 5.41) is 3.11. The topological polar surface area (TPSA) is 20.2 Å². The van der Waals surface area contributed by atoms with Gasteiger partial charge in [0.25, 0.3) is 8.32 Å². The van der Waals surface area contributed by atoms with E-state index in [4.69, 9.17) is 0 Å². The molecule has 0 aliphatic rings. The first-order valence-electron chi connectivity index (χ1n) is 7.94.